The van der Waals surface area contributed by atoms with Gasteiger partial charge in [0.25, 0.3) is 0 Å². The van der Waals surface area contributed by atoms with Crippen molar-refractivity contribution in [1.29, 1.82) is 0 Å². The molecule has 1 saturated heterocycles. The van der Waals surface area contributed by atoms with Gasteiger partial charge >= 0.3 is 0 Å². The lowest BCUT2D eigenvalue weighted by Crippen LogP contribution is -2.31. The Morgan fingerprint density at radius 2 is 1.78 bits per heavy atom. The van der Waals surface area contributed by atoms with E-state index in [1.54, 1.807) is 6.07 Å². The highest BCUT2D eigenvalue weighted by Crippen LogP contribution is 2.28. The first-order valence-corrected chi connectivity index (χ1v) is 7.81. The van der Waals surface area contributed by atoms with Crippen molar-refractivity contribution in [2.24, 2.45) is 5.92 Å². The van der Waals surface area contributed by atoms with Crippen molar-refractivity contribution >= 4 is 17.6 Å². The van der Waals surface area contributed by atoms with Gasteiger partial charge in [0, 0.05) is 12.1 Å². The number of carbonyl (C=O) groups is 2. The lowest BCUT2D eigenvalue weighted by atomic mass is 9.95. The van der Waals surface area contributed by atoms with E-state index in [2.05, 4.69) is 23.2 Å². The highest BCUT2D eigenvalue weighted by Gasteiger charge is 2.40. The van der Waals surface area contributed by atoms with Crippen LogP contribution in [-0.2, 0) is 16.0 Å². The van der Waals surface area contributed by atoms with E-state index in [0.29, 0.717) is 12.2 Å². The molecule has 1 aliphatic heterocycles. The molecule has 23 heavy (non-hydrogen) atoms. The molecule has 1 aliphatic rings. The molecule has 0 aliphatic carbocycles. The molecule has 0 unspecified atom stereocenters. The highest BCUT2D eigenvalue weighted by atomic mass is 16.2. The summed E-state index contributed by atoms with van der Waals surface area (Å²) in [5, 5.41) is 0. The third kappa shape index (κ3) is 3.16. The van der Waals surface area contributed by atoms with E-state index in [0.717, 1.165) is 11.3 Å². The van der Waals surface area contributed by atoms with Crippen LogP contribution < -0.4 is 4.90 Å². The molecule has 1 fully saturated rings. The molecule has 2 amide bonds. The first kappa shape index (κ1) is 15.4. The van der Waals surface area contributed by atoms with E-state index in [1.807, 2.05) is 32.9 Å². The number of aryl methyl sites for hydroxylation is 3. The first-order chi connectivity index (χ1) is 10.9. The quantitative estimate of drug-likeness (QED) is 0.819. The van der Waals surface area contributed by atoms with Gasteiger partial charge in [-0.05, 0) is 44.9 Å². The van der Waals surface area contributed by atoms with Gasteiger partial charge < -0.3 is 0 Å². The molecule has 4 nitrogen and oxygen atoms in total. The molecule has 0 N–H and O–H groups in total. The molecule has 4 heteroatoms. The van der Waals surface area contributed by atoms with Crippen LogP contribution in [-0.4, -0.2) is 16.8 Å². The Bertz CT molecular complexity index is 762. The summed E-state index contributed by atoms with van der Waals surface area (Å²) in [4.78, 5) is 30.5. The van der Waals surface area contributed by atoms with Crippen molar-refractivity contribution in [2.75, 3.05) is 4.90 Å². The van der Waals surface area contributed by atoms with E-state index in [4.69, 9.17) is 0 Å². The molecule has 0 saturated carbocycles. The fraction of sp³-hybridized carbons (Fsp3) is 0.316. The van der Waals surface area contributed by atoms with Gasteiger partial charge in [-0.3, -0.25) is 9.59 Å². The van der Waals surface area contributed by atoms with Gasteiger partial charge in [0.2, 0.25) is 11.8 Å². The fourth-order valence-electron chi connectivity index (χ4n) is 3.22. The zero-order valence-electron chi connectivity index (χ0n) is 13.7. The molecule has 0 radical (unpaired) electrons. The van der Waals surface area contributed by atoms with Gasteiger partial charge in [0.1, 0.15) is 5.82 Å². The van der Waals surface area contributed by atoms with Crippen LogP contribution in [0.15, 0.2) is 36.4 Å². The minimum Gasteiger partial charge on any atom is -0.274 e. The van der Waals surface area contributed by atoms with Gasteiger partial charge in [-0.15, -0.1) is 0 Å². The molecule has 2 aromatic rings. The Labute approximate surface area is 136 Å². The number of benzene rings is 1. The van der Waals surface area contributed by atoms with Gasteiger partial charge in [-0.2, -0.15) is 0 Å². The van der Waals surface area contributed by atoms with E-state index < -0.39 is 0 Å². The van der Waals surface area contributed by atoms with Crippen molar-refractivity contribution in [3.8, 4) is 0 Å². The normalized spacial score (nSPS) is 17.9. The maximum Gasteiger partial charge on any atom is 0.238 e. The molecule has 118 valence electrons. The summed E-state index contributed by atoms with van der Waals surface area (Å²) < 4.78 is 0. The van der Waals surface area contributed by atoms with Gasteiger partial charge in [0.15, 0.2) is 0 Å². The number of carbonyl (C=O) groups excluding carboxylic acids is 2. The number of imide groups is 1. The zero-order chi connectivity index (χ0) is 16.6. The minimum absolute atomic E-state index is 0.146. The van der Waals surface area contributed by atoms with Crippen molar-refractivity contribution in [2.45, 2.75) is 33.6 Å². The van der Waals surface area contributed by atoms with E-state index >= 15 is 0 Å². The lowest BCUT2D eigenvalue weighted by Gasteiger charge is -2.14. The maximum absolute atomic E-state index is 12.7. The SMILES string of the molecule is Cc1cc(C)cc(C[C@H]2CC(=O)N(c3cccc(C)n3)C2=O)c1. The third-order valence-corrected chi connectivity index (χ3v) is 4.11. The van der Waals surface area contributed by atoms with Crippen LogP contribution in [0, 0.1) is 26.7 Å². The zero-order valence-corrected chi connectivity index (χ0v) is 13.7. The topological polar surface area (TPSA) is 50.3 Å². The van der Waals surface area contributed by atoms with E-state index in [9.17, 15) is 9.59 Å². The average molecular weight is 308 g/mol. The summed E-state index contributed by atoms with van der Waals surface area (Å²) in [5.74, 6) is -0.177. The number of nitrogens with zero attached hydrogens (tertiary/aromatic N) is 2. The number of hydrogen-bond donors (Lipinski definition) is 0. The van der Waals surface area contributed by atoms with Crippen molar-refractivity contribution in [3.05, 3.63) is 58.8 Å². The summed E-state index contributed by atoms with van der Waals surface area (Å²) in [5.41, 5.74) is 4.25. The molecule has 2 heterocycles. The molecule has 0 spiro atoms. The monoisotopic (exact) mass is 308 g/mol. The molecule has 1 atom stereocenters. The maximum atomic E-state index is 12.7. The summed E-state index contributed by atoms with van der Waals surface area (Å²) in [6.45, 7) is 5.93. The van der Waals surface area contributed by atoms with Crippen LogP contribution in [0.2, 0.25) is 0 Å². The van der Waals surface area contributed by atoms with Gasteiger partial charge in [-0.1, -0.05) is 35.4 Å². The van der Waals surface area contributed by atoms with Gasteiger partial charge in [0.05, 0.1) is 5.92 Å². The van der Waals surface area contributed by atoms with Gasteiger partial charge in [-0.25, -0.2) is 9.88 Å². The Balaban J connectivity index is 1.83. The van der Waals surface area contributed by atoms with Crippen molar-refractivity contribution in [1.82, 2.24) is 4.98 Å². The van der Waals surface area contributed by atoms with Crippen molar-refractivity contribution in [3.63, 3.8) is 0 Å². The standard InChI is InChI=1S/C19H20N2O2/c1-12-7-13(2)9-15(8-12)10-16-11-18(22)21(19(16)23)17-6-4-5-14(3)20-17/h4-9,16H,10-11H2,1-3H3/t16-/m0/s1. The average Bonchev–Trinajstić information content (AvgIpc) is 2.72. The fourth-order valence-corrected chi connectivity index (χ4v) is 3.22. The van der Waals surface area contributed by atoms with Crippen LogP contribution in [0.3, 0.4) is 0 Å². The first-order valence-electron chi connectivity index (χ1n) is 7.81. The highest BCUT2D eigenvalue weighted by molar-refractivity contribution is 6.20. The van der Waals surface area contributed by atoms with E-state index in [1.165, 1.54) is 16.0 Å². The number of anilines is 1. The number of rotatable bonds is 3. The summed E-state index contributed by atoms with van der Waals surface area (Å²) in [6, 6.07) is 11.6. The number of hydrogen-bond acceptors (Lipinski definition) is 3. The number of amides is 2. The minimum atomic E-state index is -0.300. The van der Waals surface area contributed by atoms with Crippen LogP contribution in [0.1, 0.15) is 28.8 Å². The Kier molecular flexibility index (Phi) is 3.99. The smallest absolute Gasteiger partial charge is 0.238 e. The lowest BCUT2D eigenvalue weighted by molar-refractivity contribution is -0.122. The van der Waals surface area contributed by atoms with Crippen LogP contribution in [0.25, 0.3) is 0 Å². The summed E-state index contributed by atoms with van der Waals surface area (Å²) >= 11 is 0. The second-order valence-corrected chi connectivity index (χ2v) is 6.31. The van der Waals surface area contributed by atoms with Crippen LogP contribution in [0.5, 0.6) is 0 Å². The Hall–Kier alpha value is -2.49. The molecular weight excluding hydrogens is 288 g/mol. The predicted octanol–water partition coefficient (Wildman–Crippen LogP) is 3.13. The number of pyridine rings is 1. The van der Waals surface area contributed by atoms with E-state index in [-0.39, 0.29) is 24.2 Å². The number of aromatic nitrogens is 1. The third-order valence-electron chi connectivity index (χ3n) is 4.11. The van der Waals surface area contributed by atoms with Crippen molar-refractivity contribution < 1.29 is 9.59 Å². The molecular formula is C19H20N2O2. The summed E-state index contributed by atoms with van der Waals surface area (Å²) in [7, 11) is 0. The molecule has 1 aromatic carbocycles. The Morgan fingerprint density at radius 1 is 1.09 bits per heavy atom. The van der Waals surface area contributed by atoms with Crippen LogP contribution >= 0.6 is 0 Å². The largest absolute Gasteiger partial charge is 0.274 e. The molecule has 3 rings (SSSR count). The molecule has 1 aromatic heterocycles. The summed E-state index contributed by atoms with van der Waals surface area (Å²) in [6.07, 6.45) is 0.844. The van der Waals surface area contributed by atoms with Crippen LogP contribution in [0.4, 0.5) is 5.82 Å². The predicted molar refractivity (Wildman–Crippen MR) is 89.2 cm³/mol. The molecule has 0 bridgehead atoms. The second-order valence-electron chi connectivity index (χ2n) is 6.31. The Morgan fingerprint density at radius 3 is 2.43 bits per heavy atom. The second kappa shape index (κ2) is 5.95.